The van der Waals surface area contributed by atoms with E-state index in [-0.39, 0.29) is 17.6 Å². The molecular weight excluding hydrogens is 437 g/mol. The number of thiazole rings is 1. The van der Waals surface area contributed by atoms with E-state index in [0.29, 0.717) is 46.1 Å². The number of nitrogens with zero attached hydrogens (tertiary/aromatic N) is 3. The minimum Gasteiger partial charge on any atom is -0.361 e. The van der Waals surface area contributed by atoms with Crippen LogP contribution in [0.5, 0.6) is 0 Å². The second-order valence-corrected chi connectivity index (χ2v) is 8.29. The number of aromatic nitrogens is 2. The van der Waals surface area contributed by atoms with Gasteiger partial charge < -0.3 is 14.7 Å². The first kappa shape index (κ1) is 19.7. The van der Waals surface area contributed by atoms with E-state index in [9.17, 15) is 9.59 Å². The molecule has 3 amide bonds. The Morgan fingerprint density at radius 1 is 1.21 bits per heavy atom. The molecule has 2 aromatic heterocycles. The highest BCUT2D eigenvalue weighted by Gasteiger charge is 2.25. The molecule has 0 aliphatic carbocycles. The minimum atomic E-state index is -0.387. The lowest BCUT2D eigenvalue weighted by molar-refractivity contribution is 0.101. The quantitative estimate of drug-likeness (QED) is 0.606. The summed E-state index contributed by atoms with van der Waals surface area (Å²) in [6.45, 7) is 2.63. The van der Waals surface area contributed by atoms with E-state index in [2.05, 4.69) is 20.8 Å². The number of anilines is 2. The van der Waals surface area contributed by atoms with Crippen LogP contribution >= 0.6 is 34.5 Å². The van der Waals surface area contributed by atoms with E-state index in [1.54, 1.807) is 36.1 Å². The molecule has 0 bridgehead atoms. The van der Waals surface area contributed by atoms with E-state index in [1.807, 2.05) is 0 Å². The van der Waals surface area contributed by atoms with Gasteiger partial charge in [0.1, 0.15) is 5.76 Å². The molecule has 3 heterocycles. The molecule has 0 unspecified atom stereocenters. The molecule has 4 rings (SSSR count). The predicted molar refractivity (Wildman–Crippen MR) is 111 cm³/mol. The van der Waals surface area contributed by atoms with Crippen molar-refractivity contribution in [2.24, 2.45) is 0 Å². The molecule has 0 atom stereocenters. The van der Waals surface area contributed by atoms with Crippen LogP contribution in [0.15, 0.2) is 28.8 Å². The molecule has 11 heteroatoms. The first-order chi connectivity index (χ1) is 13.9. The molecular formula is C18H15Cl2N5O3S. The smallest absolute Gasteiger partial charge is 0.322 e. The third-order valence-corrected chi connectivity index (χ3v) is 6.01. The van der Waals surface area contributed by atoms with Crippen molar-refractivity contribution >= 4 is 57.3 Å². The molecule has 0 radical (unpaired) electrons. The van der Waals surface area contributed by atoms with E-state index in [1.165, 1.54) is 11.3 Å². The van der Waals surface area contributed by atoms with Crippen LogP contribution in [-0.2, 0) is 13.0 Å². The first-order valence-corrected chi connectivity index (χ1v) is 10.2. The van der Waals surface area contributed by atoms with Crippen molar-refractivity contribution in [3.8, 4) is 0 Å². The Hall–Kier alpha value is -2.62. The van der Waals surface area contributed by atoms with E-state index in [4.69, 9.17) is 27.7 Å². The van der Waals surface area contributed by atoms with Crippen LogP contribution in [0.3, 0.4) is 0 Å². The number of hydrogen-bond acceptors (Lipinski definition) is 6. The van der Waals surface area contributed by atoms with Crippen molar-refractivity contribution < 1.29 is 14.1 Å². The number of fused-ring (bicyclic) bond motifs is 1. The summed E-state index contributed by atoms with van der Waals surface area (Å²) in [6, 6.07) is 6.22. The van der Waals surface area contributed by atoms with Crippen LogP contribution in [0.4, 0.5) is 15.6 Å². The van der Waals surface area contributed by atoms with Gasteiger partial charge in [0.25, 0.3) is 5.91 Å². The molecule has 3 aromatic rings. The summed E-state index contributed by atoms with van der Waals surface area (Å²) in [5, 5.41) is 10.5. The number of rotatable bonds is 3. The van der Waals surface area contributed by atoms with Crippen LogP contribution in [0.1, 0.15) is 26.8 Å². The monoisotopic (exact) mass is 451 g/mol. The molecule has 150 valence electrons. The fraction of sp³-hybridized carbons (Fsp3) is 0.222. The van der Waals surface area contributed by atoms with Crippen molar-refractivity contribution in [3.05, 3.63) is 56.3 Å². The third-order valence-electron chi connectivity index (χ3n) is 4.27. The van der Waals surface area contributed by atoms with Crippen LogP contribution in [-0.4, -0.2) is 33.5 Å². The minimum absolute atomic E-state index is 0.193. The molecule has 0 fully saturated rings. The van der Waals surface area contributed by atoms with Gasteiger partial charge in [-0.2, -0.15) is 0 Å². The van der Waals surface area contributed by atoms with Crippen molar-refractivity contribution in [2.45, 2.75) is 19.9 Å². The summed E-state index contributed by atoms with van der Waals surface area (Å²) in [6.07, 6.45) is 0.597. The number of carbonyl (C=O) groups excluding carboxylic acids is 2. The summed E-state index contributed by atoms with van der Waals surface area (Å²) < 4.78 is 4.91. The maximum Gasteiger partial charge on any atom is 0.322 e. The van der Waals surface area contributed by atoms with Crippen molar-refractivity contribution in [1.29, 1.82) is 0 Å². The van der Waals surface area contributed by atoms with E-state index < -0.39 is 0 Å². The zero-order chi connectivity index (χ0) is 20.5. The molecule has 0 saturated carbocycles. The maximum absolute atomic E-state index is 12.6. The van der Waals surface area contributed by atoms with Crippen LogP contribution < -0.4 is 10.6 Å². The second-order valence-electron chi connectivity index (χ2n) is 6.40. The number of nitrogens with one attached hydrogen (secondary N) is 2. The number of amides is 3. The topological polar surface area (TPSA) is 100 Å². The summed E-state index contributed by atoms with van der Waals surface area (Å²) in [7, 11) is 0. The van der Waals surface area contributed by atoms with Gasteiger partial charge >= 0.3 is 6.03 Å². The van der Waals surface area contributed by atoms with Gasteiger partial charge in [-0.25, -0.2) is 9.78 Å². The number of carbonyl (C=O) groups is 2. The number of hydrogen-bond donors (Lipinski definition) is 2. The van der Waals surface area contributed by atoms with Gasteiger partial charge in [-0.1, -0.05) is 39.7 Å². The molecule has 2 N–H and O–H groups in total. The summed E-state index contributed by atoms with van der Waals surface area (Å²) in [5.74, 6) is 0.166. The Labute approximate surface area is 179 Å². The highest BCUT2D eigenvalue weighted by Crippen LogP contribution is 2.29. The van der Waals surface area contributed by atoms with Crippen LogP contribution in [0.2, 0.25) is 10.0 Å². The number of aryl methyl sites for hydroxylation is 1. The summed E-state index contributed by atoms with van der Waals surface area (Å²) in [4.78, 5) is 31.8. The molecule has 29 heavy (non-hydrogen) atoms. The highest BCUT2D eigenvalue weighted by molar-refractivity contribution is 7.15. The van der Waals surface area contributed by atoms with Gasteiger partial charge in [0.2, 0.25) is 0 Å². The number of halogens is 2. The zero-order valence-corrected chi connectivity index (χ0v) is 17.5. The fourth-order valence-electron chi connectivity index (χ4n) is 2.83. The Kier molecular flexibility index (Phi) is 5.44. The molecule has 0 saturated heterocycles. The number of benzene rings is 1. The summed E-state index contributed by atoms with van der Waals surface area (Å²) in [5.41, 5.74) is 1.63. The lowest BCUT2D eigenvalue weighted by Crippen LogP contribution is -2.38. The fourth-order valence-corrected chi connectivity index (χ4v) is 4.15. The van der Waals surface area contributed by atoms with Crippen molar-refractivity contribution in [1.82, 2.24) is 15.0 Å². The third kappa shape index (κ3) is 4.36. The molecule has 1 aliphatic rings. The molecule has 1 aromatic carbocycles. The van der Waals surface area contributed by atoms with Crippen LogP contribution in [0.25, 0.3) is 0 Å². The first-order valence-electron chi connectivity index (χ1n) is 8.63. The van der Waals surface area contributed by atoms with E-state index in [0.717, 1.165) is 10.6 Å². The predicted octanol–water partition coefficient (Wildman–Crippen LogP) is 4.59. The molecule has 0 spiro atoms. The number of urea groups is 1. The van der Waals surface area contributed by atoms with Gasteiger partial charge in [0.05, 0.1) is 22.3 Å². The van der Waals surface area contributed by atoms with Crippen molar-refractivity contribution in [3.63, 3.8) is 0 Å². The maximum atomic E-state index is 12.6. The average molecular weight is 452 g/mol. The van der Waals surface area contributed by atoms with Gasteiger partial charge in [-0.3, -0.25) is 10.1 Å². The lowest BCUT2D eigenvalue weighted by atomic mass is 10.2. The van der Waals surface area contributed by atoms with E-state index >= 15 is 0 Å². The second kappa shape index (κ2) is 8.02. The van der Waals surface area contributed by atoms with Gasteiger partial charge in [0, 0.05) is 29.6 Å². The highest BCUT2D eigenvalue weighted by atomic mass is 35.5. The van der Waals surface area contributed by atoms with Crippen molar-refractivity contribution in [2.75, 3.05) is 17.2 Å². The van der Waals surface area contributed by atoms with Gasteiger partial charge in [0.15, 0.2) is 10.8 Å². The zero-order valence-electron chi connectivity index (χ0n) is 15.2. The Morgan fingerprint density at radius 2 is 2.03 bits per heavy atom. The normalized spacial score (nSPS) is 13.1. The van der Waals surface area contributed by atoms with Crippen LogP contribution in [0, 0.1) is 6.92 Å². The Balaban J connectivity index is 1.41. The molecule has 1 aliphatic heterocycles. The Bertz CT molecular complexity index is 1100. The Morgan fingerprint density at radius 3 is 2.76 bits per heavy atom. The molecule has 8 nitrogen and oxygen atoms in total. The van der Waals surface area contributed by atoms with Gasteiger partial charge in [-0.05, 0) is 25.1 Å². The average Bonchev–Trinajstić information content (AvgIpc) is 3.29. The van der Waals surface area contributed by atoms with Gasteiger partial charge in [-0.15, -0.1) is 0 Å². The SMILES string of the molecule is Cc1cc(C(=O)Nc2nc3c(s2)CN(C(=O)Nc2ccc(Cl)c(Cl)c2)CC3)no1. The lowest BCUT2D eigenvalue weighted by Gasteiger charge is -2.26. The standard InChI is InChI=1S/C18H15Cl2N5O3S/c1-9-6-14(24-28-9)16(26)23-17-22-13-4-5-25(8-15(13)29-17)18(27)21-10-2-3-11(19)12(20)7-10/h2-3,6-7H,4-5,8H2,1H3,(H,21,27)(H,22,23,26). The largest absolute Gasteiger partial charge is 0.361 e. The summed E-state index contributed by atoms with van der Waals surface area (Å²) >= 11 is 13.2.